The van der Waals surface area contributed by atoms with Gasteiger partial charge in [0.15, 0.2) is 0 Å². The molecule has 0 unspecified atom stereocenters. The minimum atomic E-state index is -5.85. The van der Waals surface area contributed by atoms with E-state index in [9.17, 15) is 31.2 Å². The topological polar surface area (TPSA) is 92.8 Å². The Balaban J connectivity index is 1.78. The normalized spacial score (nSPS) is 13.2. The third-order valence-electron chi connectivity index (χ3n) is 5.78. The molecule has 11 heteroatoms. The smallest absolute Gasteiger partial charge is 0.376 e. The van der Waals surface area contributed by atoms with Crippen molar-refractivity contribution in [1.29, 1.82) is 0 Å². The summed E-state index contributed by atoms with van der Waals surface area (Å²) in [5.74, 6) is -1.12. The van der Waals surface area contributed by atoms with Gasteiger partial charge < -0.3 is 14.4 Å². The monoisotopic (exact) mass is 530 g/mol. The first-order valence-corrected chi connectivity index (χ1v) is 12.4. The molecule has 2 amide bonds. The third kappa shape index (κ3) is 5.21. The van der Waals surface area contributed by atoms with Gasteiger partial charge in [-0.05, 0) is 52.6 Å². The highest BCUT2D eigenvalue weighted by Crippen LogP contribution is 2.35. The van der Waals surface area contributed by atoms with Crippen LogP contribution in [0.25, 0.3) is 23.3 Å². The van der Waals surface area contributed by atoms with Gasteiger partial charge in [0.1, 0.15) is 5.75 Å². The van der Waals surface area contributed by atoms with E-state index in [0.29, 0.717) is 22.4 Å². The summed E-state index contributed by atoms with van der Waals surface area (Å²) in [6.45, 7) is 1.47. The lowest BCUT2D eigenvalue weighted by molar-refractivity contribution is -0.116. The Hall–Kier alpha value is -4.12. The van der Waals surface area contributed by atoms with Crippen LogP contribution in [0, 0.1) is 0 Å². The highest BCUT2D eigenvalue weighted by Gasteiger charge is 2.48. The van der Waals surface area contributed by atoms with E-state index in [-0.39, 0.29) is 18.4 Å². The minimum absolute atomic E-state index is 0.124. The lowest BCUT2D eigenvalue weighted by Gasteiger charge is -2.26. The van der Waals surface area contributed by atoms with E-state index in [4.69, 9.17) is 0 Å². The molecule has 3 aromatic carbocycles. The Labute approximate surface area is 211 Å². The maximum Gasteiger partial charge on any atom is 0.534 e. The van der Waals surface area contributed by atoms with Gasteiger partial charge in [0, 0.05) is 25.1 Å². The van der Waals surface area contributed by atoms with Crippen molar-refractivity contribution in [1.82, 2.24) is 5.32 Å². The van der Waals surface area contributed by atoms with Crippen LogP contribution in [-0.2, 0) is 21.5 Å². The fourth-order valence-electron chi connectivity index (χ4n) is 3.99. The van der Waals surface area contributed by atoms with Gasteiger partial charge in [-0.1, -0.05) is 42.5 Å². The van der Waals surface area contributed by atoms with Crippen LogP contribution in [0.5, 0.6) is 5.75 Å². The van der Waals surface area contributed by atoms with Crippen molar-refractivity contribution >= 4 is 39.8 Å². The highest BCUT2D eigenvalue weighted by molar-refractivity contribution is 7.88. The first-order chi connectivity index (χ1) is 17.4. The molecule has 1 N–H and O–H groups in total. The summed E-state index contributed by atoms with van der Waals surface area (Å²) in [6, 6.07) is 16.1. The fourth-order valence-corrected chi connectivity index (χ4v) is 4.45. The zero-order valence-electron chi connectivity index (χ0n) is 19.7. The second-order valence-corrected chi connectivity index (χ2v) is 9.72. The van der Waals surface area contributed by atoms with E-state index < -0.39 is 21.4 Å². The number of nitrogens with one attached hydrogen (secondary N) is 1. The van der Waals surface area contributed by atoms with Gasteiger partial charge in [0.2, 0.25) is 5.91 Å². The number of nitrogens with zero attached hydrogens (tertiary/aromatic N) is 1. The molecule has 1 aliphatic heterocycles. The number of alkyl halides is 3. The Morgan fingerprint density at radius 2 is 1.68 bits per heavy atom. The summed E-state index contributed by atoms with van der Waals surface area (Å²) in [6.07, 6.45) is 3.27. The average molecular weight is 531 g/mol. The number of amides is 2. The van der Waals surface area contributed by atoms with Crippen LogP contribution in [0.15, 0.2) is 60.7 Å². The molecule has 0 radical (unpaired) electrons. The zero-order valence-corrected chi connectivity index (χ0v) is 20.5. The predicted molar refractivity (Wildman–Crippen MR) is 133 cm³/mol. The zero-order chi connectivity index (χ0) is 27.0. The van der Waals surface area contributed by atoms with Gasteiger partial charge in [0.05, 0.1) is 12.2 Å². The van der Waals surface area contributed by atoms with Crippen LogP contribution < -0.4 is 14.4 Å². The van der Waals surface area contributed by atoms with Gasteiger partial charge in [0.25, 0.3) is 5.91 Å². The fraction of sp³-hybridized carbons (Fsp3) is 0.154. The number of anilines is 1. The van der Waals surface area contributed by atoms with Crippen molar-refractivity contribution in [2.24, 2.45) is 0 Å². The van der Waals surface area contributed by atoms with Crippen molar-refractivity contribution < 1.29 is 35.4 Å². The van der Waals surface area contributed by atoms with E-state index >= 15 is 0 Å². The van der Waals surface area contributed by atoms with Crippen LogP contribution >= 0.6 is 0 Å². The standard InChI is InChI=1S/C26H21F3N2O5S/c1-16(32)31-15-20-13-18(22-5-3-4-6-23(22)25(33)30-2)9-7-17(20)8-10-19-14-21(11-12-24(19)31)36-37(34,35)26(27,28)29/h3-14H,15H2,1-2H3,(H,30,33). The van der Waals surface area contributed by atoms with Gasteiger partial charge in [-0.3, -0.25) is 9.59 Å². The average Bonchev–Trinajstić information content (AvgIpc) is 2.84. The van der Waals surface area contributed by atoms with E-state index in [1.54, 1.807) is 37.4 Å². The number of rotatable bonds is 4. The number of hydrogen-bond acceptors (Lipinski definition) is 5. The molecule has 0 aliphatic carbocycles. The first-order valence-electron chi connectivity index (χ1n) is 11.0. The largest absolute Gasteiger partial charge is 0.534 e. The molecule has 0 atom stereocenters. The molecular weight excluding hydrogens is 509 g/mol. The Kier molecular flexibility index (Phi) is 6.83. The first kappa shape index (κ1) is 26.0. The summed E-state index contributed by atoms with van der Waals surface area (Å²) in [7, 11) is -4.30. The molecule has 0 saturated heterocycles. The van der Waals surface area contributed by atoms with E-state index in [1.807, 2.05) is 24.3 Å². The van der Waals surface area contributed by atoms with Crippen molar-refractivity contribution in [2.45, 2.75) is 19.0 Å². The molecule has 0 spiro atoms. The number of benzene rings is 3. The summed E-state index contributed by atoms with van der Waals surface area (Å²) in [5, 5.41) is 2.62. The molecule has 0 aromatic heterocycles. The summed E-state index contributed by atoms with van der Waals surface area (Å²) < 4.78 is 65.4. The molecule has 1 aliphatic rings. The number of carbonyl (C=O) groups excluding carboxylic acids is 2. The van der Waals surface area contributed by atoms with Crippen molar-refractivity contribution in [3.8, 4) is 16.9 Å². The number of carbonyl (C=O) groups is 2. The molecule has 0 bridgehead atoms. The molecule has 0 saturated carbocycles. The molecule has 192 valence electrons. The molecule has 7 nitrogen and oxygen atoms in total. The van der Waals surface area contributed by atoms with Gasteiger partial charge in [-0.2, -0.15) is 21.6 Å². The van der Waals surface area contributed by atoms with Gasteiger partial charge in [-0.25, -0.2) is 0 Å². The van der Waals surface area contributed by atoms with Crippen LogP contribution in [0.3, 0.4) is 0 Å². The van der Waals surface area contributed by atoms with Crippen LogP contribution in [0.1, 0.15) is 34.0 Å². The lowest BCUT2D eigenvalue weighted by atomic mass is 9.93. The Morgan fingerprint density at radius 3 is 2.35 bits per heavy atom. The number of halogens is 3. The van der Waals surface area contributed by atoms with Gasteiger partial charge >= 0.3 is 15.6 Å². The number of hydrogen-bond donors (Lipinski definition) is 1. The third-order valence-corrected chi connectivity index (χ3v) is 6.76. The second kappa shape index (κ2) is 9.74. The summed E-state index contributed by atoms with van der Waals surface area (Å²) >= 11 is 0. The SMILES string of the molecule is CNC(=O)c1ccccc1-c1ccc2c(c1)CN(C(C)=O)c1ccc(OS(=O)(=O)C(F)(F)F)cc1C=C2. The summed E-state index contributed by atoms with van der Waals surface area (Å²) in [5.41, 5.74) is -1.47. The molecule has 3 aromatic rings. The van der Waals surface area contributed by atoms with E-state index in [1.165, 1.54) is 17.9 Å². The van der Waals surface area contributed by atoms with Crippen LogP contribution in [0.4, 0.5) is 18.9 Å². The van der Waals surface area contributed by atoms with E-state index in [0.717, 1.165) is 28.8 Å². The molecule has 37 heavy (non-hydrogen) atoms. The maximum atomic E-state index is 12.8. The molecular formula is C26H21F3N2O5S. The highest BCUT2D eigenvalue weighted by atomic mass is 32.2. The van der Waals surface area contributed by atoms with Crippen molar-refractivity contribution in [3.63, 3.8) is 0 Å². The molecule has 4 rings (SSSR count). The summed E-state index contributed by atoms with van der Waals surface area (Å²) in [4.78, 5) is 26.4. The Bertz CT molecular complexity index is 1530. The predicted octanol–water partition coefficient (Wildman–Crippen LogP) is 4.98. The second-order valence-electron chi connectivity index (χ2n) is 8.18. The minimum Gasteiger partial charge on any atom is -0.376 e. The number of fused-ring (bicyclic) bond motifs is 2. The van der Waals surface area contributed by atoms with Gasteiger partial charge in [-0.15, -0.1) is 0 Å². The maximum absolute atomic E-state index is 12.8. The van der Waals surface area contributed by atoms with Crippen LogP contribution in [-0.4, -0.2) is 32.8 Å². The van der Waals surface area contributed by atoms with E-state index in [2.05, 4.69) is 9.50 Å². The van der Waals surface area contributed by atoms with Crippen molar-refractivity contribution in [2.75, 3.05) is 11.9 Å². The van der Waals surface area contributed by atoms with Crippen LogP contribution in [0.2, 0.25) is 0 Å². The Morgan fingerprint density at radius 1 is 0.973 bits per heavy atom. The quantitative estimate of drug-likeness (QED) is 0.380. The molecule has 1 heterocycles. The molecule has 0 fully saturated rings. The lowest BCUT2D eigenvalue weighted by Crippen LogP contribution is -2.30. The van der Waals surface area contributed by atoms with Crippen molar-refractivity contribution in [3.05, 3.63) is 82.9 Å².